The molecule has 6 N–H and O–H groups in total. The molecule has 0 aliphatic heterocycles. The number of aromatic nitrogens is 3. The molecule has 36 heavy (non-hydrogen) atoms. The monoisotopic (exact) mass is 485 g/mol. The first-order chi connectivity index (χ1) is 17.4. The minimum atomic E-state index is -0.620. The Morgan fingerprint density at radius 2 is 2.00 bits per heavy atom. The first kappa shape index (κ1) is 23.6. The van der Waals surface area contributed by atoms with Crippen molar-refractivity contribution in [1.82, 2.24) is 14.4 Å². The molecule has 9 heteroatoms. The molecule has 2 heterocycles. The number of hydrogen-bond acceptors (Lipinski definition) is 7. The number of carbonyl (C=O) groups is 1. The van der Waals surface area contributed by atoms with E-state index in [1.807, 2.05) is 30.3 Å². The molecular formula is C27H31N7O2. The number of methoxy groups -OCH3 is 1. The Balaban J connectivity index is 1.54. The highest BCUT2D eigenvalue weighted by Gasteiger charge is 2.25. The summed E-state index contributed by atoms with van der Waals surface area (Å²) in [6, 6.07) is 14.1. The number of carbonyl (C=O) groups excluding carboxylic acids is 1. The Bertz CT molecular complexity index is 1410. The lowest BCUT2D eigenvalue weighted by Crippen LogP contribution is -2.43. The molecule has 2 aromatic carbocycles. The smallest absolute Gasteiger partial charge is 0.256 e. The van der Waals surface area contributed by atoms with Gasteiger partial charge in [0.1, 0.15) is 11.3 Å². The van der Waals surface area contributed by atoms with Crippen molar-refractivity contribution in [2.75, 3.05) is 17.7 Å². The quantitative estimate of drug-likeness (QED) is 0.308. The van der Waals surface area contributed by atoms with Crippen LogP contribution in [-0.4, -0.2) is 39.5 Å². The van der Waals surface area contributed by atoms with Crippen LogP contribution in [0, 0.1) is 6.92 Å². The lowest BCUT2D eigenvalue weighted by atomic mass is 9.91. The molecular weight excluding hydrogens is 454 g/mol. The van der Waals surface area contributed by atoms with Crippen LogP contribution < -0.4 is 26.8 Å². The lowest BCUT2D eigenvalue weighted by Gasteiger charge is -2.30. The zero-order valence-corrected chi connectivity index (χ0v) is 20.5. The fourth-order valence-corrected chi connectivity index (χ4v) is 4.86. The highest BCUT2D eigenvalue weighted by Crippen LogP contribution is 2.35. The summed E-state index contributed by atoms with van der Waals surface area (Å²) in [7, 11) is 1.64. The number of amides is 1. The fraction of sp³-hybridized carbons (Fsp3) is 0.296. The molecule has 2 aromatic heterocycles. The zero-order chi connectivity index (χ0) is 25.2. The highest BCUT2D eigenvalue weighted by molar-refractivity contribution is 6.04. The minimum Gasteiger partial charge on any atom is -0.496 e. The minimum absolute atomic E-state index is 0.0322. The standard InChI is InChI=1S/C27H31N7O2/c1-16-6-5-7-17(14-16)19-11-10-18(15-22(19)36-2)31-25-23(24(29)35)26-30-12-13-34(26)27(33-25)32-21-9-4-3-8-20(21)28/h5-7,10-15,20-21,31H,3-4,8-9,28H2,1-2H3,(H2,29,35)(H,32,33)/t20-,21+/m0/s1. The van der Waals surface area contributed by atoms with Gasteiger partial charge >= 0.3 is 0 Å². The third kappa shape index (κ3) is 4.57. The molecule has 0 saturated heterocycles. The summed E-state index contributed by atoms with van der Waals surface area (Å²) in [5.74, 6) is 0.948. The maximum absolute atomic E-state index is 12.5. The molecule has 2 atom stereocenters. The van der Waals surface area contributed by atoms with E-state index in [1.54, 1.807) is 23.9 Å². The lowest BCUT2D eigenvalue weighted by molar-refractivity contribution is 0.100. The van der Waals surface area contributed by atoms with Gasteiger partial charge in [0.2, 0.25) is 5.95 Å². The van der Waals surface area contributed by atoms with E-state index in [-0.39, 0.29) is 17.6 Å². The van der Waals surface area contributed by atoms with E-state index >= 15 is 0 Å². The van der Waals surface area contributed by atoms with E-state index < -0.39 is 5.91 Å². The molecule has 4 aromatic rings. The number of benzene rings is 2. The van der Waals surface area contributed by atoms with Gasteiger partial charge in [0.15, 0.2) is 11.5 Å². The number of anilines is 3. The van der Waals surface area contributed by atoms with Gasteiger partial charge in [-0.3, -0.25) is 9.20 Å². The molecule has 1 amide bonds. The Hall–Kier alpha value is -4.11. The molecule has 9 nitrogen and oxygen atoms in total. The van der Waals surface area contributed by atoms with Crippen LogP contribution in [0.25, 0.3) is 16.8 Å². The number of rotatable bonds is 7. The van der Waals surface area contributed by atoms with Crippen molar-refractivity contribution in [2.45, 2.75) is 44.7 Å². The molecule has 1 aliphatic carbocycles. The van der Waals surface area contributed by atoms with Crippen molar-refractivity contribution in [2.24, 2.45) is 11.5 Å². The fourth-order valence-electron chi connectivity index (χ4n) is 4.86. The van der Waals surface area contributed by atoms with Crippen molar-refractivity contribution in [1.29, 1.82) is 0 Å². The van der Waals surface area contributed by atoms with Gasteiger partial charge in [0.05, 0.1) is 7.11 Å². The largest absolute Gasteiger partial charge is 0.496 e. The number of nitrogens with zero attached hydrogens (tertiary/aromatic N) is 3. The van der Waals surface area contributed by atoms with Gasteiger partial charge in [0.25, 0.3) is 5.91 Å². The molecule has 0 unspecified atom stereocenters. The third-order valence-electron chi connectivity index (χ3n) is 6.72. The van der Waals surface area contributed by atoms with Crippen molar-refractivity contribution >= 4 is 29.0 Å². The summed E-state index contributed by atoms with van der Waals surface area (Å²) in [6.07, 6.45) is 7.53. The van der Waals surface area contributed by atoms with Crippen LogP contribution >= 0.6 is 0 Å². The summed E-state index contributed by atoms with van der Waals surface area (Å²) in [4.78, 5) is 21.7. The first-order valence-electron chi connectivity index (χ1n) is 12.2. The van der Waals surface area contributed by atoms with Gasteiger partial charge in [-0.2, -0.15) is 4.98 Å². The number of nitrogens with one attached hydrogen (secondary N) is 2. The molecule has 0 bridgehead atoms. The van der Waals surface area contributed by atoms with E-state index in [1.165, 1.54) is 0 Å². The van der Waals surface area contributed by atoms with Gasteiger partial charge in [-0.05, 0) is 37.5 Å². The van der Waals surface area contributed by atoms with Crippen molar-refractivity contribution in [3.63, 3.8) is 0 Å². The number of aryl methyl sites for hydroxylation is 1. The normalized spacial score (nSPS) is 17.6. The van der Waals surface area contributed by atoms with Crippen molar-refractivity contribution < 1.29 is 9.53 Å². The highest BCUT2D eigenvalue weighted by atomic mass is 16.5. The van der Waals surface area contributed by atoms with Crippen LogP contribution in [0.5, 0.6) is 5.75 Å². The zero-order valence-electron chi connectivity index (χ0n) is 20.5. The maximum atomic E-state index is 12.5. The van der Waals surface area contributed by atoms with E-state index in [4.69, 9.17) is 21.2 Å². The molecule has 1 fully saturated rings. The van der Waals surface area contributed by atoms with Crippen LogP contribution in [0.15, 0.2) is 54.9 Å². The SMILES string of the molecule is COc1cc(Nc2nc(N[C@@H]3CCCC[C@@H]3N)n3ccnc3c2C(N)=O)ccc1-c1cccc(C)c1. The third-order valence-corrected chi connectivity index (χ3v) is 6.72. The molecule has 1 aliphatic rings. The van der Waals surface area contributed by atoms with Crippen LogP contribution in [0.2, 0.25) is 0 Å². The van der Waals surface area contributed by atoms with Crippen LogP contribution in [0.1, 0.15) is 41.6 Å². The van der Waals surface area contributed by atoms with E-state index in [0.717, 1.165) is 42.4 Å². The Kier molecular flexibility index (Phi) is 6.47. The van der Waals surface area contributed by atoms with E-state index in [9.17, 15) is 4.79 Å². The number of hydrogen-bond donors (Lipinski definition) is 4. The molecule has 5 rings (SSSR count). The number of nitrogens with two attached hydrogens (primary N) is 2. The van der Waals surface area contributed by atoms with Gasteiger partial charge in [-0.1, -0.05) is 42.7 Å². The van der Waals surface area contributed by atoms with Crippen molar-refractivity contribution in [3.05, 3.63) is 66.0 Å². The van der Waals surface area contributed by atoms with Crippen LogP contribution in [0.3, 0.4) is 0 Å². The topological polar surface area (TPSA) is 133 Å². The van der Waals surface area contributed by atoms with Gasteiger partial charge in [-0.15, -0.1) is 0 Å². The van der Waals surface area contributed by atoms with Gasteiger partial charge in [-0.25, -0.2) is 4.98 Å². The number of fused-ring (bicyclic) bond motifs is 1. The molecule has 0 radical (unpaired) electrons. The van der Waals surface area contributed by atoms with Crippen LogP contribution in [0.4, 0.5) is 17.5 Å². The predicted octanol–water partition coefficient (Wildman–Crippen LogP) is 4.24. The number of imidazole rings is 1. The van der Waals surface area contributed by atoms with Gasteiger partial charge in [0, 0.05) is 41.8 Å². The van der Waals surface area contributed by atoms with Crippen molar-refractivity contribution in [3.8, 4) is 16.9 Å². The number of primary amides is 1. The van der Waals surface area contributed by atoms with E-state index in [0.29, 0.717) is 28.9 Å². The summed E-state index contributed by atoms with van der Waals surface area (Å²) < 4.78 is 7.44. The summed E-state index contributed by atoms with van der Waals surface area (Å²) in [5, 5.41) is 6.75. The Labute approximate surface area is 209 Å². The average molecular weight is 486 g/mol. The molecule has 0 spiro atoms. The maximum Gasteiger partial charge on any atom is 0.256 e. The van der Waals surface area contributed by atoms with E-state index in [2.05, 4.69) is 34.7 Å². The Morgan fingerprint density at radius 3 is 2.75 bits per heavy atom. The second kappa shape index (κ2) is 9.87. The second-order valence-electron chi connectivity index (χ2n) is 9.25. The summed E-state index contributed by atoms with van der Waals surface area (Å²) >= 11 is 0. The van der Waals surface area contributed by atoms with Crippen LogP contribution in [-0.2, 0) is 0 Å². The second-order valence-corrected chi connectivity index (χ2v) is 9.25. The summed E-state index contributed by atoms with van der Waals surface area (Å²) in [5.41, 5.74) is 16.7. The molecule has 1 saturated carbocycles. The summed E-state index contributed by atoms with van der Waals surface area (Å²) in [6.45, 7) is 2.06. The first-order valence-corrected chi connectivity index (χ1v) is 12.2. The average Bonchev–Trinajstić information content (AvgIpc) is 3.35. The Morgan fingerprint density at radius 1 is 1.17 bits per heavy atom. The van der Waals surface area contributed by atoms with Gasteiger partial charge < -0.3 is 26.8 Å². The number of ether oxygens (including phenoxy) is 1. The predicted molar refractivity (Wildman–Crippen MR) is 142 cm³/mol. The molecule has 186 valence electrons.